The van der Waals surface area contributed by atoms with E-state index in [1.807, 2.05) is 0 Å². The van der Waals surface area contributed by atoms with Crippen LogP contribution in [0.3, 0.4) is 0 Å². The molecule has 0 atom stereocenters. The van der Waals surface area contributed by atoms with Crippen LogP contribution < -0.4 is 10.2 Å². The average Bonchev–Trinajstić information content (AvgIpc) is 3.22. The van der Waals surface area contributed by atoms with Gasteiger partial charge in [-0.25, -0.2) is 8.42 Å². The van der Waals surface area contributed by atoms with Crippen LogP contribution >= 0.6 is 0 Å². The van der Waals surface area contributed by atoms with Gasteiger partial charge in [0.2, 0.25) is 15.9 Å². The van der Waals surface area contributed by atoms with E-state index >= 15 is 0 Å². The number of nitro groups is 1. The van der Waals surface area contributed by atoms with Crippen LogP contribution in [-0.2, 0) is 21.4 Å². The van der Waals surface area contributed by atoms with Crippen molar-refractivity contribution >= 4 is 33.0 Å². The zero-order valence-corrected chi connectivity index (χ0v) is 18.3. The molecule has 0 spiro atoms. The minimum absolute atomic E-state index is 0.0226. The Morgan fingerprint density at radius 2 is 1.97 bits per heavy atom. The third-order valence-electron chi connectivity index (χ3n) is 5.08. The van der Waals surface area contributed by atoms with Crippen molar-refractivity contribution in [2.45, 2.75) is 37.1 Å². The molecular formula is C19H26N6O5S. The van der Waals surface area contributed by atoms with E-state index in [1.54, 1.807) is 31.1 Å². The molecule has 0 bridgehead atoms. The first-order chi connectivity index (χ1) is 14.7. The Hall–Kier alpha value is -2.99. The van der Waals surface area contributed by atoms with Crippen molar-refractivity contribution in [2.75, 3.05) is 37.4 Å². The summed E-state index contributed by atoms with van der Waals surface area (Å²) < 4.78 is 28.8. The maximum absolute atomic E-state index is 13.0. The van der Waals surface area contributed by atoms with E-state index in [9.17, 15) is 23.3 Å². The molecule has 0 unspecified atom stereocenters. The van der Waals surface area contributed by atoms with Crippen LogP contribution in [0.4, 0.5) is 17.1 Å². The predicted octanol–water partition coefficient (Wildman–Crippen LogP) is 2.06. The Labute approximate surface area is 180 Å². The number of nitrogens with zero attached hydrogens (tertiary/aromatic N) is 5. The van der Waals surface area contributed by atoms with Crippen molar-refractivity contribution in [1.82, 2.24) is 14.1 Å². The standard InChI is InChI=1S/C19H26N6O5S/c1-22(2)18-7-6-16(31(29,30)24-9-4-3-5-10-24)12-17(18)21-19(26)8-11-23-14-15(13-20-23)25(27)28/h6-7,12-14H,3-5,8-11H2,1-2H3,(H,21,26). The van der Waals surface area contributed by atoms with Crippen molar-refractivity contribution in [3.63, 3.8) is 0 Å². The molecule has 1 aliphatic rings. The minimum atomic E-state index is -3.64. The number of benzene rings is 1. The zero-order valence-electron chi connectivity index (χ0n) is 17.5. The molecular weight excluding hydrogens is 424 g/mol. The van der Waals surface area contributed by atoms with Crippen LogP contribution in [0.1, 0.15) is 25.7 Å². The van der Waals surface area contributed by atoms with Gasteiger partial charge in [-0.15, -0.1) is 0 Å². The van der Waals surface area contributed by atoms with E-state index in [1.165, 1.54) is 21.3 Å². The summed E-state index contributed by atoms with van der Waals surface area (Å²) in [6, 6.07) is 4.71. The van der Waals surface area contributed by atoms with Gasteiger partial charge in [0.15, 0.2) is 0 Å². The lowest BCUT2D eigenvalue weighted by Gasteiger charge is -2.26. The third-order valence-corrected chi connectivity index (χ3v) is 6.97. The number of amides is 1. The quantitative estimate of drug-likeness (QED) is 0.481. The molecule has 0 saturated carbocycles. The summed E-state index contributed by atoms with van der Waals surface area (Å²) in [6.45, 7) is 1.15. The molecule has 1 aromatic heterocycles. The van der Waals surface area contributed by atoms with E-state index in [0.717, 1.165) is 25.5 Å². The highest BCUT2D eigenvalue weighted by Crippen LogP contribution is 2.30. The maximum atomic E-state index is 13.0. The second-order valence-corrected chi connectivity index (χ2v) is 9.49. The molecule has 2 heterocycles. The number of sulfonamides is 1. The molecule has 1 saturated heterocycles. The molecule has 1 fully saturated rings. The molecule has 0 aliphatic carbocycles. The molecule has 31 heavy (non-hydrogen) atoms. The number of hydrogen-bond acceptors (Lipinski definition) is 7. The van der Waals surface area contributed by atoms with Crippen LogP contribution in [-0.4, -0.2) is 60.5 Å². The Balaban J connectivity index is 1.75. The van der Waals surface area contributed by atoms with Gasteiger partial charge in [-0.3, -0.25) is 19.6 Å². The number of rotatable bonds is 8. The van der Waals surface area contributed by atoms with E-state index in [-0.39, 0.29) is 29.5 Å². The van der Waals surface area contributed by atoms with Crippen molar-refractivity contribution in [2.24, 2.45) is 0 Å². The van der Waals surface area contributed by atoms with Gasteiger partial charge in [0.25, 0.3) is 0 Å². The molecule has 3 rings (SSSR count). The lowest BCUT2D eigenvalue weighted by Crippen LogP contribution is -2.35. The number of carbonyl (C=O) groups excluding carboxylic acids is 1. The van der Waals surface area contributed by atoms with Crippen LogP contribution in [0, 0.1) is 10.1 Å². The Bertz CT molecular complexity index is 1060. The third kappa shape index (κ3) is 5.39. The van der Waals surface area contributed by atoms with Gasteiger partial charge in [-0.05, 0) is 31.0 Å². The number of nitrogens with one attached hydrogen (secondary N) is 1. The van der Waals surface area contributed by atoms with Crippen molar-refractivity contribution < 1.29 is 18.1 Å². The monoisotopic (exact) mass is 450 g/mol. The minimum Gasteiger partial charge on any atom is -0.376 e. The lowest BCUT2D eigenvalue weighted by molar-refractivity contribution is -0.385. The molecule has 168 valence electrons. The first-order valence-electron chi connectivity index (χ1n) is 9.96. The zero-order chi connectivity index (χ0) is 22.6. The summed E-state index contributed by atoms with van der Waals surface area (Å²) >= 11 is 0. The topological polar surface area (TPSA) is 131 Å². The number of aromatic nitrogens is 2. The van der Waals surface area contributed by atoms with Crippen molar-refractivity contribution in [3.05, 3.63) is 40.7 Å². The first kappa shape index (κ1) is 22.7. The number of hydrogen-bond donors (Lipinski definition) is 1. The summed E-state index contributed by atoms with van der Waals surface area (Å²) in [5.41, 5.74) is 0.908. The number of piperidine rings is 1. The summed E-state index contributed by atoms with van der Waals surface area (Å²) in [5.74, 6) is -0.353. The molecule has 12 heteroatoms. The van der Waals surface area contributed by atoms with Gasteiger partial charge in [0, 0.05) is 40.2 Å². The maximum Gasteiger partial charge on any atom is 0.306 e. The fourth-order valence-corrected chi connectivity index (χ4v) is 4.96. The van der Waals surface area contributed by atoms with Crippen LogP contribution in [0.5, 0.6) is 0 Å². The van der Waals surface area contributed by atoms with E-state index in [4.69, 9.17) is 0 Å². The number of aryl methyl sites for hydroxylation is 1. The summed E-state index contributed by atoms with van der Waals surface area (Å²) in [5, 5.41) is 17.4. The number of carbonyl (C=O) groups is 1. The van der Waals surface area contributed by atoms with Crippen LogP contribution in [0.25, 0.3) is 0 Å². The molecule has 2 aromatic rings. The summed E-state index contributed by atoms with van der Waals surface area (Å²) in [4.78, 5) is 24.6. The van der Waals surface area contributed by atoms with Gasteiger partial charge >= 0.3 is 5.69 Å². The van der Waals surface area contributed by atoms with Gasteiger partial charge in [0.05, 0.1) is 21.2 Å². The molecule has 0 radical (unpaired) electrons. The van der Waals surface area contributed by atoms with Crippen LogP contribution in [0.2, 0.25) is 0 Å². The first-order valence-corrected chi connectivity index (χ1v) is 11.4. The van der Waals surface area contributed by atoms with Gasteiger partial charge in [-0.2, -0.15) is 9.40 Å². The van der Waals surface area contributed by atoms with Crippen LogP contribution in [0.15, 0.2) is 35.5 Å². The smallest absolute Gasteiger partial charge is 0.306 e. The fraction of sp³-hybridized carbons (Fsp3) is 0.474. The van der Waals surface area contributed by atoms with E-state index < -0.39 is 14.9 Å². The second-order valence-electron chi connectivity index (χ2n) is 7.56. The molecule has 1 aliphatic heterocycles. The second kappa shape index (κ2) is 9.43. The molecule has 1 aromatic carbocycles. The SMILES string of the molecule is CN(C)c1ccc(S(=O)(=O)N2CCCCC2)cc1NC(=O)CCn1cc([N+](=O)[O-])cn1. The highest BCUT2D eigenvalue weighted by Gasteiger charge is 2.27. The average molecular weight is 451 g/mol. The van der Waals surface area contributed by atoms with Crippen molar-refractivity contribution in [3.8, 4) is 0 Å². The largest absolute Gasteiger partial charge is 0.376 e. The molecule has 1 amide bonds. The highest BCUT2D eigenvalue weighted by molar-refractivity contribution is 7.89. The Kier molecular flexibility index (Phi) is 6.91. The van der Waals surface area contributed by atoms with Gasteiger partial charge in [-0.1, -0.05) is 6.42 Å². The van der Waals surface area contributed by atoms with Gasteiger partial charge in [0.1, 0.15) is 12.4 Å². The molecule has 11 nitrogen and oxygen atoms in total. The summed E-state index contributed by atoms with van der Waals surface area (Å²) in [6.07, 6.45) is 5.09. The Morgan fingerprint density at radius 1 is 1.26 bits per heavy atom. The molecule has 1 N–H and O–H groups in total. The normalized spacial score (nSPS) is 14.9. The number of anilines is 2. The predicted molar refractivity (Wildman–Crippen MR) is 116 cm³/mol. The van der Waals surface area contributed by atoms with Gasteiger partial charge < -0.3 is 10.2 Å². The van der Waals surface area contributed by atoms with E-state index in [0.29, 0.717) is 24.5 Å². The summed E-state index contributed by atoms with van der Waals surface area (Å²) in [7, 11) is -0.0413. The lowest BCUT2D eigenvalue weighted by atomic mass is 10.2. The Morgan fingerprint density at radius 3 is 2.58 bits per heavy atom. The van der Waals surface area contributed by atoms with E-state index in [2.05, 4.69) is 10.4 Å². The highest BCUT2D eigenvalue weighted by atomic mass is 32.2. The fourth-order valence-electron chi connectivity index (χ4n) is 3.42. The van der Waals surface area contributed by atoms with Crippen molar-refractivity contribution in [1.29, 1.82) is 0 Å².